The van der Waals surface area contributed by atoms with Gasteiger partial charge in [-0.1, -0.05) is 12.1 Å². The maximum absolute atomic E-state index is 12.3. The van der Waals surface area contributed by atoms with Crippen molar-refractivity contribution in [2.24, 2.45) is 7.05 Å². The molecule has 0 saturated carbocycles. The summed E-state index contributed by atoms with van der Waals surface area (Å²) in [5, 5.41) is 18.3. The Morgan fingerprint density at radius 3 is 2.86 bits per heavy atom. The van der Waals surface area contributed by atoms with Crippen LogP contribution in [0, 0.1) is 0 Å². The lowest BCUT2D eigenvalue weighted by Crippen LogP contribution is -2.13. The third-order valence-corrected chi connectivity index (χ3v) is 3.21. The fourth-order valence-electron chi connectivity index (χ4n) is 2.07. The summed E-state index contributed by atoms with van der Waals surface area (Å²) in [4.78, 5) is 12.3. The van der Waals surface area contributed by atoms with E-state index in [1.54, 1.807) is 40.7 Å². The van der Waals surface area contributed by atoms with Crippen LogP contribution in [0.1, 0.15) is 17.3 Å². The van der Waals surface area contributed by atoms with Crippen molar-refractivity contribution in [2.45, 2.75) is 13.5 Å². The van der Waals surface area contributed by atoms with E-state index in [4.69, 9.17) is 0 Å². The Labute approximate surface area is 126 Å². The monoisotopic (exact) mass is 297 g/mol. The van der Waals surface area contributed by atoms with E-state index in [2.05, 4.69) is 25.9 Å². The van der Waals surface area contributed by atoms with Gasteiger partial charge in [-0.2, -0.15) is 5.10 Å². The fraction of sp³-hybridized carbons (Fsp3) is 0.214. The molecule has 0 unspecified atom stereocenters. The lowest BCUT2D eigenvalue weighted by Gasteiger charge is -2.04. The maximum atomic E-state index is 12.3. The van der Waals surface area contributed by atoms with Crippen molar-refractivity contribution in [2.75, 3.05) is 5.32 Å². The first-order chi connectivity index (χ1) is 10.7. The second-order valence-electron chi connectivity index (χ2n) is 4.72. The van der Waals surface area contributed by atoms with Crippen molar-refractivity contribution < 1.29 is 4.79 Å². The van der Waals surface area contributed by atoms with Crippen LogP contribution in [-0.2, 0) is 13.6 Å². The molecule has 0 saturated heterocycles. The molecule has 0 bridgehead atoms. The van der Waals surface area contributed by atoms with Gasteiger partial charge < -0.3 is 5.32 Å². The van der Waals surface area contributed by atoms with Crippen LogP contribution < -0.4 is 5.32 Å². The van der Waals surface area contributed by atoms with Gasteiger partial charge in [0.1, 0.15) is 0 Å². The zero-order valence-electron chi connectivity index (χ0n) is 12.3. The average molecular weight is 297 g/mol. The topological polar surface area (TPSA) is 90.5 Å². The van der Waals surface area contributed by atoms with Crippen LogP contribution in [0.3, 0.4) is 0 Å². The van der Waals surface area contributed by atoms with Crippen molar-refractivity contribution in [1.82, 2.24) is 30.0 Å². The molecule has 0 fully saturated rings. The molecule has 1 aromatic carbocycles. The van der Waals surface area contributed by atoms with Crippen LogP contribution in [0.2, 0.25) is 0 Å². The molecule has 8 nitrogen and oxygen atoms in total. The minimum atomic E-state index is -0.224. The summed E-state index contributed by atoms with van der Waals surface area (Å²) >= 11 is 0. The number of anilines is 1. The Bertz CT molecular complexity index is 805. The molecular weight excluding hydrogens is 282 g/mol. The largest absolute Gasteiger partial charge is 0.305 e. The van der Waals surface area contributed by atoms with Gasteiger partial charge >= 0.3 is 0 Å². The van der Waals surface area contributed by atoms with Crippen LogP contribution in [-0.4, -0.2) is 35.9 Å². The highest BCUT2D eigenvalue weighted by molar-refractivity contribution is 6.04. The Morgan fingerprint density at radius 2 is 2.18 bits per heavy atom. The molecule has 0 aliphatic carbocycles. The highest BCUT2D eigenvalue weighted by Crippen LogP contribution is 2.17. The van der Waals surface area contributed by atoms with Crippen molar-refractivity contribution in [3.8, 4) is 11.4 Å². The maximum Gasteiger partial charge on any atom is 0.256 e. The molecule has 1 amide bonds. The van der Waals surface area contributed by atoms with Crippen molar-refractivity contribution in [1.29, 1.82) is 0 Å². The van der Waals surface area contributed by atoms with Crippen LogP contribution in [0.5, 0.6) is 0 Å². The number of benzene rings is 1. The van der Waals surface area contributed by atoms with E-state index in [9.17, 15) is 4.79 Å². The summed E-state index contributed by atoms with van der Waals surface area (Å²) in [5.41, 5.74) is 1.30. The van der Waals surface area contributed by atoms with Crippen molar-refractivity contribution in [3.63, 3.8) is 0 Å². The zero-order valence-corrected chi connectivity index (χ0v) is 12.3. The van der Waals surface area contributed by atoms with Crippen LogP contribution in [0.4, 0.5) is 5.82 Å². The normalized spacial score (nSPS) is 10.6. The number of rotatable bonds is 4. The van der Waals surface area contributed by atoms with Gasteiger partial charge in [-0.25, -0.2) is 4.68 Å². The van der Waals surface area contributed by atoms with E-state index in [0.29, 0.717) is 17.2 Å². The van der Waals surface area contributed by atoms with Gasteiger partial charge in [0.05, 0.1) is 0 Å². The Morgan fingerprint density at radius 1 is 1.32 bits per heavy atom. The summed E-state index contributed by atoms with van der Waals surface area (Å²) in [6, 6.07) is 8.90. The van der Waals surface area contributed by atoms with Gasteiger partial charge in [0, 0.05) is 37.0 Å². The molecule has 2 heterocycles. The summed E-state index contributed by atoms with van der Waals surface area (Å²) in [5.74, 6) is 0.904. The molecule has 8 heteroatoms. The number of hydrogen-bond donors (Lipinski definition) is 1. The number of amides is 1. The Hall–Kier alpha value is -3.03. The molecule has 0 radical (unpaired) electrons. The highest BCUT2D eigenvalue weighted by atomic mass is 16.1. The van der Waals surface area contributed by atoms with Gasteiger partial charge in [-0.3, -0.25) is 9.48 Å². The van der Waals surface area contributed by atoms with E-state index >= 15 is 0 Å². The molecule has 2 aromatic heterocycles. The first-order valence-electron chi connectivity index (χ1n) is 6.85. The van der Waals surface area contributed by atoms with Gasteiger partial charge in [0.2, 0.25) is 0 Å². The third-order valence-electron chi connectivity index (χ3n) is 3.21. The minimum Gasteiger partial charge on any atom is -0.305 e. The summed E-state index contributed by atoms with van der Waals surface area (Å²) in [6.45, 7) is 2.74. The molecule has 0 aliphatic rings. The number of tetrazole rings is 1. The lowest BCUT2D eigenvalue weighted by molar-refractivity contribution is 0.102. The summed E-state index contributed by atoms with van der Waals surface area (Å²) < 4.78 is 3.30. The van der Waals surface area contributed by atoms with E-state index in [1.165, 1.54) is 0 Å². The highest BCUT2D eigenvalue weighted by Gasteiger charge is 2.11. The van der Waals surface area contributed by atoms with Crippen molar-refractivity contribution >= 4 is 11.7 Å². The molecule has 112 valence electrons. The van der Waals surface area contributed by atoms with Crippen molar-refractivity contribution in [3.05, 3.63) is 42.1 Å². The predicted octanol–water partition coefficient (Wildman–Crippen LogP) is 1.35. The molecule has 3 aromatic rings. The number of aryl methyl sites for hydroxylation is 2. The summed E-state index contributed by atoms with van der Waals surface area (Å²) in [7, 11) is 1.75. The SMILES string of the molecule is CCn1ccc(NC(=O)c2cccc(-c3nnnn3C)c2)n1. The number of carbonyl (C=O) groups is 1. The second-order valence-corrected chi connectivity index (χ2v) is 4.72. The number of nitrogens with zero attached hydrogens (tertiary/aromatic N) is 6. The van der Waals surface area contributed by atoms with E-state index in [-0.39, 0.29) is 5.91 Å². The van der Waals surface area contributed by atoms with Crippen LogP contribution >= 0.6 is 0 Å². The molecule has 0 spiro atoms. The second kappa shape index (κ2) is 5.76. The molecular formula is C14H15N7O. The van der Waals surface area contributed by atoms with Gasteiger partial charge in [-0.15, -0.1) is 5.10 Å². The fourth-order valence-corrected chi connectivity index (χ4v) is 2.07. The molecule has 1 N–H and O–H groups in total. The number of aromatic nitrogens is 6. The van der Waals surface area contributed by atoms with E-state index in [1.807, 2.05) is 19.2 Å². The Kier molecular flexibility index (Phi) is 3.65. The smallest absolute Gasteiger partial charge is 0.256 e. The van der Waals surface area contributed by atoms with Gasteiger partial charge in [0.15, 0.2) is 11.6 Å². The number of carbonyl (C=O) groups excluding carboxylic acids is 1. The van der Waals surface area contributed by atoms with Gasteiger partial charge in [-0.05, 0) is 29.5 Å². The zero-order chi connectivity index (χ0) is 15.5. The third kappa shape index (κ3) is 2.71. The Balaban J connectivity index is 1.82. The number of nitrogens with one attached hydrogen (secondary N) is 1. The molecule has 0 aliphatic heterocycles. The standard InChI is InChI=1S/C14H15N7O/c1-3-21-8-7-12(17-21)15-14(22)11-6-4-5-10(9-11)13-16-18-19-20(13)2/h4-9H,3H2,1-2H3,(H,15,17,22). The first-order valence-corrected chi connectivity index (χ1v) is 6.85. The van der Waals surface area contributed by atoms with Crippen LogP contribution in [0.15, 0.2) is 36.5 Å². The average Bonchev–Trinajstić information content (AvgIpc) is 3.16. The number of hydrogen-bond acceptors (Lipinski definition) is 5. The predicted molar refractivity (Wildman–Crippen MR) is 80.1 cm³/mol. The molecule has 0 atom stereocenters. The quantitative estimate of drug-likeness (QED) is 0.785. The van der Waals surface area contributed by atoms with Crippen LogP contribution in [0.25, 0.3) is 11.4 Å². The van der Waals surface area contributed by atoms with E-state index in [0.717, 1.165) is 12.1 Å². The molecule has 3 rings (SSSR count). The first kappa shape index (κ1) is 13.9. The summed E-state index contributed by atoms with van der Waals surface area (Å²) in [6.07, 6.45) is 1.82. The van der Waals surface area contributed by atoms with Gasteiger partial charge in [0.25, 0.3) is 5.91 Å². The minimum absolute atomic E-state index is 0.224. The van der Waals surface area contributed by atoms with E-state index < -0.39 is 0 Å². The lowest BCUT2D eigenvalue weighted by atomic mass is 10.1. The molecule has 22 heavy (non-hydrogen) atoms.